The van der Waals surface area contributed by atoms with E-state index in [1.807, 2.05) is 0 Å². The number of hydrogen-bond donors (Lipinski definition) is 3. The summed E-state index contributed by atoms with van der Waals surface area (Å²) in [4.78, 5) is 23.2. The van der Waals surface area contributed by atoms with Crippen molar-refractivity contribution in [2.24, 2.45) is 0 Å². The topological polar surface area (TPSA) is 78.4 Å². The van der Waals surface area contributed by atoms with Crippen LogP contribution in [0, 0.1) is 0 Å². The van der Waals surface area contributed by atoms with Crippen molar-refractivity contribution in [1.82, 2.24) is 5.32 Å². The van der Waals surface area contributed by atoms with Gasteiger partial charge in [0.05, 0.1) is 15.7 Å². The van der Waals surface area contributed by atoms with Gasteiger partial charge in [0, 0.05) is 12.6 Å². The standard InChI is InChI=1S/C12H14Cl2N2O3/c1-7(5-6-17)15-11(18)12(19)16-9-4-2-3-8(13)10(9)14/h2-4,7,17H,5-6H2,1H3,(H,15,18)(H,16,19)/t7-/m1/s1. The van der Waals surface area contributed by atoms with Crippen LogP contribution in [0.25, 0.3) is 0 Å². The SMILES string of the molecule is C[C@H](CCO)NC(=O)C(=O)Nc1cccc(Cl)c1Cl. The number of carbonyl (C=O) groups excluding carboxylic acids is 2. The Balaban J connectivity index is 2.64. The highest BCUT2D eigenvalue weighted by Gasteiger charge is 2.17. The summed E-state index contributed by atoms with van der Waals surface area (Å²) in [6.45, 7) is 1.62. The van der Waals surface area contributed by atoms with Crippen molar-refractivity contribution in [3.63, 3.8) is 0 Å². The van der Waals surface area contributed by atoms with Gasteiger partial charge in [-0.15, -0.1) is 0 Å². The predicted octanol–water partition coefficient (Wildman–Crippen LogP) is 1.82. The Labute approximate surface area is 120 Å². The molecule has 1 atom stereocenters. The average molecular weight is 305 g/mol. The van der Waals surface area contributed by atoms with Crippen LogP contribution < -0.4 is 10.6 Å². The molecule has 0 spiro atoms. The minimum atomic E-state index is -0.839. The fourth-order valence-electron chi connectivity index (χ4n) is 1.33. The smallest absolute Gasteiger partial charge is 0.313 e. The maximum absolute atomic E-state index is 11.6. The summed E-state index contributed by atoms with van der Waals surface area (Å²) in [6, 6.07) is 4.42. The summed E-state index contributed by atoms with van der Waals surface area (Å²) in [5, 5.41) is 14.0. The van der Waals surface area contributed by atoms with E-state index in [9.17, 15) is 9.59 Å². The Bertz CT molecular complexity index is 480. The molecule has 3 N–H and O–H groups in total. The third kappa shape index (κ3) is 4.70. The Morgan fingerprint density at radius 1 is 1.32 bits per heavy atom. The molecule has 0 aliphatic rings. The van der Waals surface area contributed by atoms with Crippen LogP contribution in [0.2, 0.25) is 10.0 Å². The van der Waals surface area contributed by atoms with Crippen LogP contribution in [-0.4, -0.2) is 29.6 Å². The Hall–Kier alpha value is -1.30. The summed E-state index contributed by atoms with van der Waals surface area (Å²) in [6.07, 6.45) is 0.372. The zero-order chi connectivity index (χ0) is 14.4. The van der Waals surface area contributed by atoms with E-state index in [1.165, 1.54) is 6.07 Å². The minimum Gasteiger partial charge on any atom is -0.396 e. The molecule has 0 unspecified atom stereocenters. The van der Waals surface area contributed by atoms with Gasteiger partial charge in [-0.05, 0) is 25.5 Å². The Morgan fingerprint density at radius 3 is 2.63 bits per heavy atom. The maximum atomic E-state index is 11.6. The van der Waals surface area contributed by atoms with Crippen molar-refractivity contribution in [1.29, 1.82) is 0 Å². The molecule has 1 rings (SSSR count). The van der Waals surface area contributed by atoms with Gasteiger partial charge in [-0.1, -0.05) is 29.3 Å². The maximum Gasteiger partial charge on any atom is 0.313 e. The summed E-state index contributed by atoms with van der Waals surface area (Å²) in [5.74, 6) is -1.63. The summed E-state index contributed by atoms with van der Waals surface area (Å²) < 4.78 is 0. The summed E-state index contributed by atoms with van der Waals surface area (Å²) >= 11 is 11.7. The fourth-order valence-corrected chi connectivity index (χ4v) is 1.68. The van der Waals surface area contributed by atoms with Gasteiger partial charge in [0.15, 0.2) is 0 Å². The number of anilines is 1. The molecule has 0 aliphatic heterocycles. The molecule has 104 valence electrons. The highest BCUT2D eigenvalue weighted by molar-refractivity contribution is 6.45. The molecular weight excluding hydrogens is 291 g/mol. The van der Waals surface area contributed by atoms with E-state index < -0.39 is 11.8 Å². The lowest BCUT2D eigenvalue weighted by molar-refractivity contribution is -0.136. The van der Waals surface area contributed by atoms with Crippen LogP contribution in [0.1, 0.15) is 13.3 Å². The molecule has 1 aromatic carbocycles. The normalized spacial score (nSPS) is 11.8. The summed E-state index contributed by atoms with van der Waals surface area (Å²) in [5.41, 5.74) is 0.268. The van der Waals surface area contributed by atoms with Crippen molar-refractivity contribution >= 4 is 40.7 Å². The number of rotatable bonds is 4. The number of halogens is 2. The van der Waals surface area contributed by atoms with Gasteiger partial charge in [0.25, 0.3) is 0 Å². The Kier molecular flexibility index (Phi) is 6.08. The van der Waals surface area contributed by atoms with Crippen molar-refractivity contribution in [2.45, 2.75) is 19.4 Å². The number of amides is 2. The third-order valence-corrected chi connectivity index (χ3v) is 3.16. The molecule has 7 heteroatoms. The number of carbonyl (C=O) groups is 2. The first-order valence-electron chi connectivity index (χ1n) is 5.62. The number of nitrogens with one attached hydrogen (secondary N) is 2. The van der Waals surface area contributed by atoms with Gasteiger partial charge < -0.3 is 15.7 Å². The molecule has 1 aromatic rings. The second-order valence-electron chi connectivity index (χ2n) is 3.94. The van der Waals surface area contributed by atoms with Gasteiger partial charge in [0.1, 0.15) is 0 Å². The molecule has 0 radical (unpaired) electrons. The lowest BCUT2D eigenvalue weighted by Crippen LogP contribution is -2.40. The first kappa shape index (κ1) is 15.8. The van der Waals surface area contributed by atoms with Gasteiger partial charge in [-0.25, -0.2) is 0 Å². The Morgan fingerprint density at radius 2 is 2.00 bits per heavy atom. The number of aliphatic hydroxyl groups excluding tert-OH is 1. The van der Waals surface area contributed by atoms with Crippen molar-refractivity contribution in [3.05, 3.63) is 28.2 Å². The van der Waals surface area contributed by atoms with Crippen LogP contribution in [0.4, 0.5) is 5.69 Å². The first-order chi connectivity index (χ1) is 8.95. The van der Waals surface area contributed by atoms with Gasteiger partial charge in [-0.2, -0.15) is 0 Å². The quantitative estimate of drug-likeness (QED) is 0.742. The van der Waals surface area contributed by atoms with Crippen LogP contribution >= 0.6 is 23.2 Å². The molecule has 0 bridgehead atoms. The highest BCUT2D eigenvalue weighted by Crippen LogP contribution is 2.29. The van der Waals surface area contributed by atoms with E-state index in [-0.39, 0.29) is 28.4 Å². The van der Waals surface area contributed by atoms with Crippen LogP contribution in [0.5, 0.6) is 0 Å². The average Bonchev–Trinajstić information content (AvgIpc) is 2.35. The molecule has 0 saturated heterocycles. The molecule has 0 aliphatic carbocycles. The van der Waals surface area contributed by atoms with E-state index in [1.54, 1.807) is 19.1 Å². The molecule has 0 fully saturated rings. The third-order valence-electron chi connectivity index (χ3n) is 2.35. The predicted molar refractivity (Wildman–Crippen MR) is 74.4 cm³/mol. The van der Waals surface area contributed by atoms with E-state index >= 15 is 0 Å². The van der Waals surface area contributed by atoms with Crippen LogP contribution in [0.3, 0.4) is 0 Å². The van der Waals surface area contributed by atoms with Crippen molar-refractivity contribution < 1.29 is 14.7 Å². The van der Waals surface area contributed by atoms with Crippen molar-refractivity contribution in [3.8, 4) is 0 Å². The monoisotopic (exact) mass is 304 g/mol. The molecule has 2 amide bonds. The first-order valence-corrected chi connectivity index (χ1v) is 6.38. The molecule has 0 saturated carbocycles. The molecule has 19 heavy (non-hydrogen) atoms. The zero-order valence-electron chi connectivity index (χ0n) is 10.2. The second-order valence-corrected chi connectivity index (χ2v) is 4.73. The second kappa shape index (κ2) is 7.33. The van der Waals surface area contributed by atoms with Crippen LogP contribution in [-0.2, 0) is 9.59 Å². The zero-order valence-corrected chi connectivity index (χ0v) is 11.8. The van der Waals surface area contributed by atoms with Gasteiger partial charge in [-0.3, -0.25) is 9.59 Å². The molecular formula is C12H14Cl2N2O3. The minimum absolute atomic E-state index is 0.0663. The van der Waals surface area contributed by atoms with E-state index in [2.05, 4.69) is 10.6 Å². The highest BCUT2D eigenvalue weighted by atomic mass is 35.5. The van der Waals surface area contributed by atoms with Crippen molar-refractivity contribution in [2.75, 3.05) is 11.9 Å². The van der Waals surface area contributed by atoms with E-state index in [4.69, 9.17) is 28.3 Å². The largest absolute Gasteiger partial charge is 0.396 e. The lowest BCUT2D eigenvalue weighted by atomic mass is 10.2. The molecule has 0 aromatic heterocycles. The molecule has 0 heterocycles. The van der Waals surface area contributed by atoms with Crippen LogP contribution in [0.15, 0.2) is 18.2 Å². The fraction of sp³-hybridized carbons (Fsp3) is 0.333. The number of hydrogen-bond acceptors (Lipinski definition) is 3. The number of benzene rings is 1. The summed E-state index contributed by atoms with van der Waals surface area (Å²) in [7, 11) is 0. The number of aliphatic hydroxyl groups is 1. The van der Waals surface area contributed by atoms with E-state index in [0.29, 0.717) is 6.42 Å². The van der Waals surface area contributed by atoms with Gasteiger partial charge in [0.2, 0.25) is 0 Å². The molecule has 5 nitrogen and oxygen atoms in total. The van der Waals surface area contributed by atoms with E-state index in [0.717, 1.165) is 0 Å². The lowest BCUT2D eigenvalue weighted by Gasteiger charge is -2.12. The van der Waals surface area contributed by atoms with Gasteiger partial charge >= 0.3 is 11.8 Å².